The number of hydrogen-bond donors (Lipinski definition) is 0. The lowest BCUT2D eigenvalue weighted by Crippen LogP contribution is -1.99. The number of imidazole rings is 1. The quantitative estimate of drug-likeness (QED) is 0.675. The van der Waals surface area contributed by atoms with Crippen molar-refractivity contribution in [3.63, 3.8) is 0 Å². The molecule has 0 fully saturated rings. The topological polar surface area (TPSA) is 61.2 Å². The Bertz CT molecular complexity index is 978. The van der Waals surface area contributed by atoms with E-state index in [0.29, 0.717) is 11.8 Å². The predicted octanol–water partition coefficient (Wildman–Crippen LogP) is 3.99. The second-order valence-corrected chi connectivity index (χ2v) is 7.85. The second kappa shape index (κ2) is 6.90. The van der Waals surface area contributed by atoms with E-state index in [1.807, 2.05) is 35.8 Å². The van der Waals surface area contributed by atoms with Crippen molar-refractivity contribution in [3.8, 4) is 22.7 Å². The lowest BCUT2D eigenvalue weighted by atomic mass is 10.1. The Labute approximate surface area is 151 Å². The Hall–Kier alpha value is -2.31. The number of nitrogens with zero attached hydrogens (tertiary/aromatic N) is 2. The van der Waals surface area contributed by atoms with Crippen LogP contribution in [0.3, 0.4) is 0 Å². The predicted molar refractivity (Wildman–Crippen MR) is 98.3 cm³/mol. The van der Waals surface area contributed by atoms with Gasteiger partial charge in [-0.1, -0.05) is 11.6 Å². The first kappa shape index (κ1) is 17.5. The summed E-state index contributed by atoms with van der Waals surface area (Å²) in [6.45, 7) is 2.53. The van der Waals surface area contributed by atoms with Gasteiger partial charge in [-0.3, -0.25) is 4.57 Å². The van der Waals surface area contributed by atoms with Gasteiger partial charge in [-0.25, -0.2) is 13.4 Å². The highest BCUT2D eigenvalue weighted by Gasteiger charge is 2.14. The molecule has 0 bridgehead atoms. The monoisotopic (exact) mass is 376 g/mol. The molecular formula is C18H17ClN2O3S. The van der Waals surface area contributed by atoms with E-state index in [-0.39, 0.29) is 4.90 Å². The largest absolute Gasteiger partial charge is 0.494 e. The molecule has 0 unspecified atom stereocenters. The number of hydrogen-bond acceptors (Lipinski definition) is 4. The minimum Gasteiger partial charge on any atom is -0.494 e. The van der Waals surface area contributed by atoms with E-state index in [2.05, 4.69) is 4.98 Å². The van der Waals surface area contributed by atoms with Crippen molar-refractivity contribution >= 4 is 21.4 Å². The summed E-state index contributed by atoms with van der Waals surface area (Å²) in [7, 11) is -3.23. The molecule has 3 aromatic rings. The van der Waals surface area contributed by atoms with Crippen LogP contribution in [0.25, 0.3) is 16.9 Å². The Morgan fingerprint density at radius 2 is 1.72 bits per heavy atom. The van der Waals surface area contributed by atoms with E-state index in [1.54, 1.807) is 30.6 Å². The number of aromatic nitrogens is 2. The zero-order valence-electron chi connectivity index (χ0n) is 13.8. The van der Waals surface area contributed by atoms with Crippen LogP contribution in [0.2, 0.25) is 5.15 Å². The van der Waals surface area contributed by atoms with E-state index in [4.69, 9.17) is 16.3 Å². The van der Waals surface area contributed by atoms with Gasteiger partial charge in [0.25, 0.3) is 0 Å². The lowest BCUT2D eigenvalue weighted by Gasteiger charge is -2.10. The van der Waals surface area contributed by atoms with E-state index < -0.39 is 9.84 Å². The van der Waals surface area contributed by atoms with Gasteiger partial charge in [0.05, 0.1) is 17.2 Å². The van der Waals surface area contributed by atoms with Gasteiger partial charge in [0, 0.05) is 17.5 Å². The highest BCUT2D eigenvalue weighted by atomic mass is 35.5. The SMILES string of the molecule is CCOc1ccc(-c2c(Cl)ncn2-c2ccc(S(C)(=O)=O)cc2)cc1. The molecule has 25 heavy (non-hydrogen) atoms. The molecule has 0 amide bonds. The van der Waals surface area contributed by atoms with Crippen LogP contribution in [0, 0.1) is 0 Å². The maximum atomic E-state index is 11.6. The van der Waals surface area contributed by atoms with Crippen LogP contribution in [0.4, 0.5) is 0 Å². The minimum atomic E-state index is -3.23. The third-order valence-corrected chi connectivity index (χ3v) is 5.11. The van der Waals surface area contributed by atoms with Gasteiger partial charge in [0.2, 0.25) is 0 Å². The van der Waals surface area contributed by atoms with Gasteiger partial charge in [-0.05, 0) is 55.5 Å². The zero-order chi connectivity index (χ0) is 18.0. The Morgan fingerprint density at radius 3 is 2.28 bits per heavy atom. The van der Waals surface area contributed by atoms with E-state index in [9.17, 15) is 8.42 Å². The Morgan fingerprint density at radius 1 is 1.08 bits per heavy atom. The van der Waals surface area contributed by atoms with Gasteiger partial charge in [-0.2, -0.15) is 0 Å². The molecule has 7 heteroatoms. The number of benzene rings is 2. The van der Waals surface area contributed by atoms with Crippen molar-refractivity contribution < 1.29 is 13.2 Å². The maximum Gasteiger partial charge on any atom is 0.175 e. The van der Waals surface area contributed by atoms with Crippen molar-refractivity contribution in [3.05, 3.63) is 60.0 Å². The third kappa shape index (κ3) is 3.70. The fourth-order valence-corrected chi connectivity index (χ4v) is 3.38. The second-order valence-electron chi connectivity index (χ2n) is 5.48. The van der Waals surface area contributed by atoms with E-state index in [0.717, 1.165) is 22.7 Å². The molecule has 0 aliphatic rings. The summed E-state index contributed by atoms with van der Waals surface area (Å²) in [5.74, 6) is 0.783. The number of halogens is 1. The molecule has 0 saturated heterocycles. The summed E-state index contributed by atoms with van der Waals surface area (Å²) in [6, 6.07) is 14.2. The molecule has 0 N–H and O–H groups in total. The number of sulfone groups is 1. The summed E-state index contributed by atoms with van der Waals surface area (Å²) in [4.78, 5) is 4.45. The molecule has 1 heterocycles. The first-order valence-electron chi connectivity index (χ1n) is 7.66. The first-order chi connectivity index (χ1) is 11.9. The van der Waals surface area contributed by atoms with Crippen molar-refractivity contribution in [2.75, 3.05) is 12.9 Å². The molecule has 0 spiro atoms. The average Bonchev–Trinajstić information content (AvgIpc) is 2.97. The van der Waals surface area contributed by atoms with Gasteiger partial charge >= 0.3 is 0 Å². The molecule has 0 aliphatic carbocycles. The minimum absolute atomic E-state index is 0.269. The summed E-state index contributed by atoms with van der Waals surface area (Å²) in [6.07, 6.45) is 2.80. The molecule has 1 aromatic heterocycles. The van der Waals surface area contributed by atoms with Crippen LogP contribution in [0.5, 0.6) is 5.75 Å². The van der Waals surface area contributed by atoms with Gasteiger partial charge in [0.1, 0.15) is 12.1 Å². The highest BCUT2D eigenvalue weighted by molar-refractivity contribution is 7.90. The molecule has 0 atom stereocenters. The van der Waals surface area contributed by atoms with Crippen LogP contribution in [-0.2, 0) is 9.84 Å². The number of rotatable bonds is 5. The number of ether oxygens (including phenoxy) is 1. The van der Waals surface area contributed by atoms with Gasteiger partial charge in [-0.15, -0.1) is 0 Å². The highest BCUT2D eigenvalue weighted by Crippen LogP contribution is 2.31. The summed E-state index contributed by atoms with van der Waals surface area (Å²) in [5.41, 5.74) is 2.39. The molecule has 0 aliphatic heterocycles. The molecule has 0 radical (unpaired) electrons. The van der Waals surface area contributed by atoms with Crippen LogP contribution < -0.4 is 4.74 Å². The molecule has 0 saturated carbocycles. The first-order valence-corrected chi connectivity index (χ1v) is 9.93. The van der Waals surface area contributed by atoms with Crippen LogP contribution in [0.1, 0.15) is 6.92 Å². The van der Waals surface area contributed by atoms with Gasteiger partial charge < -0.3 is 4.74 Å². The molecule has 3 rings (SSSR count). The van der Waals surface area contributed by atoms with Gasteiger partial charge in [0.15, 0.2) is 15.0 Å². The van der Waals surface area contributed by atoms with Crippen molar-refractivity contribution in [2.45, 2.75) is 11.8 Å². The maximum absolute atomic E-state index is 11.6. The van der Waals surface area contributed by atoms with Crippen molar-refractivity contribution in [1.82, 2.24) is 9.55 Å². The van der Waals surface area contributed by atoms with Crippen LogP contribution in [0.15, 0.2) is 59.8 Å². The molecular weight excluding hydrogens is 360 g/mol. The molecule has 130 valence electrons. The van der Waals surface area contributed by atoms with Crippen molar-refractivity contribution in [1.29, 1.82) is 0 Å². The summed E-state index contributed by atoms with van der Waals surface area (Å²) in [5, 5.41) is 0.372. The van der Waals surface area contributed by atoms with E-state index >= 15 is 0 Å². The normalized spacial score (nSPS) is 11.5. The van der Waals surface area contributed by atoms with Crippen LogP contribution >= 0.6 is 11.6 Å². The summed E-state index contributed by atoms with van der Waals surface area (Å²) >= 11 is 6.28. The fraction of sp³-hybridized carbons (Fsp3) is 0.167. The van der Waals surface area contributed by atoms with Crippen LogP contribution in [-0.4, -0.2) is 30.8 Å². The van der Waals surface area contributed by atoms with Crippen molar-refractivity contribution in [2.24, 2.45) is 0 Å². The standard InChI is InChI=1S/C18H17ClN2O3S/c1-3-24-15-8-4-13(5-9-15)17-18(19)20-12-21(17)14-6-10-16(11-7-14)25(2,22)23/h4-12H,3H2,1-2H3. The summed E-state index contributed by atoms with van der Waals surface area (Å²) < 4.78 is 30.5. The fourth-order valence-electron chi connectivity index (χ4n) is 2.51. The smallest absolute Gasteiger partial charge is 0.175 e. The molecule has 5 nitrogen and oxygen atoms in total. The zero-order valence-corrected chi connectivity index (χ0v) is 15.4. The lowest BCUT2D eigenvalue weighted by molar-refractivity contribution is 0.340. The Kier molecular flexibility index (Phi) is 4.83. The average molecular weight is 377 g/mol. The Balaban J connectivity index is 2.02. The van der Waals surface area contributed by atoms with E-state index in [1.165, 1.54) is 6.26 Å². The third-order valence-electron chi connectivity index (χ3n) is 3.70. The molecule has 2 aromatic carbocycles.